The summed E-state index contributed by atoms with van der Waals surface area (Å²) in [6.45, 7) is 0.310. The minimum Gasteiger partial charge on any atom is -0.475 e. The molecule has 5 rings (SSSR count). The Labute approximate surface area is 163 Å². The molecule has 0 aliphatic heterocycles. The van der Waals surface area contributed by atoms with Gasteiger partial charge in [-0.1, -0.05) is 12.5 Å². The molecule has 0 radical (unpaired) electrons. The molecule has 3 aromatic rings. The maximum absolute atomic E-state index is 13.8. The van der Waals surface area contributed by atoms with Crippen molar-refractivity contribution in [3.05, 3.63) is 58.9 Å². The van der Waals surface area contributed by atoms with E-state index in [1.165, 1.54) is 0 Å². The lowest BCUT2D eigenvalue weighted by molar-refractivity contribution is -0.138. The van der Waals surface area contributed by atoms with Crippen LogP contribution in [0.2, 0.25) is 0 Å². The molecule has 6 nitrogen and oxygen atoms in total. The van der Waals surface area contributed by atoms with Gasteiger partial charge in [0, 0.05) is 29.8 Å². The van der Waals surface area contributed by atoms with Gasteiger partial charge in [0.05, 0.1) is 17.8 Å². The van der Waals surface area contributed by atoms with E-state index in [1.54, 1.807) is 23.1 Å². The third kappa shape index (κ3) is 2.67. The Morgan fingerprint density at radius 3 is 2.69 bits per heavy atom. The summed E-state index contributed by atoms with van der Waals surface area (Å²) in [5, 5.41) is 13.7. The highest BCUT2D eigenvalue weighted by Gasteiger charge is 2.52. The summed E-state index contributed by atoms with van der Waals surface area (Å²) < 4.78 is 48.2. The van der Waals surface area contributed by atoms with E-state index in [9.17, 15) is 23.1 Å². The fraction of sp³-hybridized carbons (Fsp3) is 0.350. The summed E-state index contributed by atoms with van der Waals surface area (Å²) in [6, 6.07) is 5.42. The number of alkyl halides is 3. The first-order valence-electron chi connectivity index (χ1n) is 9.23. The standard InChI is InChI=1S/C20H16F3N3O3/c21-20(22,23)15-14-13(29-17(15)18(27)28)8-19(5-3-6-19)12-10-26(25-16(12)14)9-11-4-1-2-7-24-11/h1-2,4,7,10H,3,5-6,8-9H2,(H,27,28). The Morgan fingerprint density at radius 2 is 2.10 bits per heavy atom. The molecule has 1 fully saturated rings. The monoisotopic (exact) mass is 403 g/mol. The van der Waals surface area contributed by atoms with Crippen molar-refractivity contribution < 1.29 is 27.5 Å². The zero-order chi connectivity index (χ0) is 20.4. The molecule has 3 aromatic heterocycles. The predicted octanol–water partition coefficient (Wildman–Crippen LogP) is 4.28. The molecule has 150 valence electrons. The lowest BCUT2D eigenvalue weighted by Crippen LogP contribution is -2.38. The molecular weight excluding hydrogens is 387 g/mol. The van der Waals surface area contributed by atoms with Crippen LogP contribution in [-0.2, 0) is 24.6 Å². The van der Waals surface area contributed by atoms with Gasteiger partial charge in [0.2, 0.25) is 5.76 Å². The van der Waals surface area contributed by atoms with Crippen molar-refractivity contribution in [3.8, 4) is 11.3 Å². The average Bonchev–Trinajstić information content (AvgIpc) is 3.21. The summed E-state index contributed by atoms with van der Waals surface area (Å²) in [7, 11) is 0. The van der Waals surface area contributed by atoms with Gasteiger partial charge in [0.15, 0.2) is 0 Å². The molecule has 1 spiro atoms. The Bertz CT molecular complexity index is 1110. The number of carboxylic acid groups (broad SMARTS) is 1. The number of rotatable bonds is 3. The number of nitrogens with zero attached hydrogens (tertiary/aromatic N) is 3. The maximum Gasteiger partial charge on any atom is 0.421 e. The molecule has 9 heteroatoms. The molecule has 1 N–H and O–H groups in total. The fourth-order valence-electron chi connectivity index (χ4n) is 4.46. The van der Waals surface area contributed by atoms with Crippen molar-refractivity contribution in [2.75, 3.05) is 0 Å². The van der Waals surface area contributed by atoms with E-state index in [2.05, 4.69) is 10.1 Å². The molecule has 2 aliphatic rings. The normalized spacial score (nSPS) is 16.9. The quantitative estimate of drug-likeness (QED) is 0.706. The molecule has 29 heavy (non-hydrogen) atoms. The van der Waals surface area contributed by atoms with Crippen molar-refractivity contribution in [1.82, 2.24) is 14.8 Å². The summed E-state index contributed by atoms with van der Waals surface area (Å²) in [4.78, 5) is 15.7. The van der Waals surface area contributed by atoms with Crippen molar-refractivity contribution in [2.24, 2.45) is 0 Å². The van der Waals surface area contributed by atoms with Crippen LogP contribution in [0.15, 0.2) is 35.0 Å². The molecule has 0 aromatic carbocycles. The van der Waals surface area contributed by atoms with Crippen LogP contribution in [0.5, 0.6) is 0 Å². The number of halogens is 3. The molecule has 3 heterocycles. The molecule has 0 amide bonds. The predicted molar refractivity (Wildman–Crippen MR) is 94.5 cm³/mol. The minimum atomic E-state index is -4.86. The van der Waals surface area contributed by atoms with Gasteiger partial charge in [0.25, 0.3) is 0 Å². The van der Waals surface area contributed by atoms with Crippen LogP contribution in [0.25, 0.3) is 11.3 Å². The van der Waals surface area contributed by atoms with Crippen molar-refractivity contribution >= 4 is 5.97 Å². The third-order valence-corrected chi connectivity index (χ3v) is 5.89. The topological polar surface area (TPSA) is 81.1 Å². The maximum atomic E-state index is 13.8. The number of furan rings is 1. The molecule has 0 saturated heterocycles. The number of carbonyl (C=O) groups is 1. The van der Waals surface area contributed by atoms with Crippen molar-refractivity contribution in [3.63, 3.8) is 0 Å². The zero-order valence-corrected chi connectivity index (χ0v) is 15.2. The van der Waals surface area contributed by atoms with Gasteiger partial charge in [-0.15, -0.1) is 0 Å². The summed E-state index contributed by atoms with van der Waals surface area (Å²) >= 11 is 0. The van der Waals surface area contributed by atoms with E-state index < -0.39 is 23.5 Å². The van der Waals surface area contributed by atoms with Gasteiger partial charge in [-0.25, -0.2) is 4.79 Å². The minimum absolute atomic E-state index is 0.0602. The van der Waals surface area contributed by atoms with E-state index in [0.29, 0.717) is 6.54 Å². The molecule has 1 saturated carbocycles. The highest BCUT2D eigenvalue weighted by atomic mass is 19.4. The number of hydrogen-bond donors (Lipinski definition) is 1. The zero-order valence-electron chi connectivity index (χ0n) is 15.2. The molecular formula is C20H16F3N3O3. The van der Waals surface area contributed by atoms with Crippen molar-refractivity contribution in [2.45, 2.75) is 43.8 Å². The van der Waals surface area contributed by atoms with Crippen LogP contribution in [0, 0.1) is 0 Å². The van der Waals surface area contributed by atoms with Gasteiger partial charge in [-0.2, -0.15) is 18.3 Å². The average molecular weight is 403 g/mol. The lowest BCUT2D eigenvalue weighted by Gasteiger charge is -2.43. The van der Waals surface area contributed by atoms with Gasteiger partial charge in [0.1, 0.15) is 17.0 Å². The number of aromatic nitrogens is 3. The summed E-state index contributed by atoms with van der Waals surface area (Å²) in [6.07, 6.45) is 1.37. The van der Waals surface area contributed by atoms with Gasteiger partial charge < -0.3 is 9.52 Å². The summed E-state index contributed by atoms with van der Waals surface area (Å²) in [5.41, 5.74) is -0.201. The third-order valence-electron chi connectivity index (χ3n) is 5.89. The first kappa shape index (κ1) is 18.0. The van der Waals surface area contributed by atoms with Crippen LogP contribution in [0.1, 0.15) is 52.4 Å². The fourth-order valence-corrected chi connectivity index (χ4v) is 4.46. The summed E-state index contributed by atoms with van der Waals surface area (Å²) in [5.74, 6) is -2.74. The van der Waals surface area contributed by atoms with Crippen LogP contribution >= 0.6 is 0 Å². The second-order valence-corrected chi connectivity index (χ2v) is 7.63. The van der Waals surface area contributed by atoms with Crippen LogP contribution in [-0.4, -0.2) is 25.8 Å². The Balaban J connectivity index is 1.70. The van der Waals surface area contributed by atoms with Gasteiger partial charge in [-0.3, -0.25) is 9.67 Å². The number of hydrogen-bond acceptors (Lipinski definition) is 4. The lowest BCUT2D eigenvalue weighted by atomic mass is 9.59. The largest absolute Gasteiger partial charge is 0.475 e. The second kappa shape index (κ2) is 5.95. The highest BCUT2D eigenvalue weighted by Crippen LogP contribution is 2.56. The Morgan fingerprint density at radius 1 is 1.31 bits per heavy atom. The van der Waals surface area contributed by atoms with Crippen LogP contribution < -0.4 is 0 Å². The van der Waals surface area contributed by atoms with E-state index >= 15 is 0 Å². The SMILES string of the molecule is O=C(O)c1oc2c(c1C(F)(F)F)-c1nn(Cc3ccccn3)cc1C1(CCC1)C2. The number of pyridine rings is 1. The Kier molecular flexibility index (Phi) is 3.68. The van der Waals surface area contributed by atoms with E-state index in [4.69, 9.17) is 4.42 Å². The van der Waals surface area contributed by atoms with E-state index in [-0.39, 0.29) is 28.9 Å². The van der Waals surface area contributed by atoms with E-state index in [1.807, 2.05) is 12.1 Å². The van der Waals surface area contributed by atoms with Gasteiger partial charge in [-0.05, 0) is 25.0 Å². The number of aromatic carboxylic acids is 1. The smallest absolute Gasteiger partial charge is 0.421 e. The van der Waals surface area contributed by atoms with Crippen molar-refractivity contribution in [1.29, 1.82) is 0 Å². The molecule has 2 aliphatic carbocycles. The first-order valence-corrected chi connectivity index (χ1v) is 9.23. The molecule has 0 unspecified atom stereocenters. The highest BCUT2D eigenvalue weighted by molar-refractivity contribution is 5.91. The Hall–Kier alpha value is -3.10. The second-order valence-electron chi connectivity index (χ2n) is 7.63. The molecule has 0 atom stereocenters. The van der Waals surface area contributed by atoms with Crippen LogP contribution in [0.4, 0.5) is 13.2 Å². The van der Waals surface area contributed by atoms with Crippen LogP contribution in [0.3, 0.4) is 0 Å². The first-order chi connectivity index (χ1) is 13.8. The number of fused-ring (bicyclic) bond motifs is 4. The van der Waals surface area contributed by atoms with E-state index in [0.717, 1.165) is 30.5 Å². The van der Waals surface area contributed by atoms with Gasteiger partial charge >= 0.3 is 12.1 Å². The molecule has 0 bridgehead atoms. The number of carboxylic acids is 1.